The third kappa shape index (κ3) is 19.9. The number of piperidine rings is 1. The number of nitrogens with two attached hydrogens (primary N) is 2. The molecule has 36 heteroatoms. The van der Waals surface area contributed by atoms with Gasteiger partial charge in [0.2, 0.25) is 17.7 Å². The first-order chi connectivity index (χ1) is 59.5. The summed E-state index contributed by atoms with van der Waals surface area (Å²) in [7, 11) is 6.13. The molecule has 125 heavy (non-hydrogen) atoms. The molecule has 34 nitrogen and oxygen atoms in total. The molecule has 15 N–H and O–H groups in total. The van der Waals surface area contributed by atoms with Crippen LogP contribution in [0.2, 0.25) is 0 Å². The van der Waals surface area contributed by atoms with Crippen LogP contribution in [-0.2, 0) is 77.9 Å². The molecule has 5 amide bonds. The first-order valence-electron chi connectivity index (χ1n) is 43.0. The Kier molecular flexibility index (Phi) is 29.4. The number of aryl methyl sites for hydroxylation is 3. The van der Waals surface area contributed by atoms with Crippen LogP contribution in [0.25, 0.3) is 22.1 Å². The smallest absolute Gasteiger partial charge is 0.426 e. The van der Waals surface area contributed by atoms with Gasteiger partial charge in [-0.3, -0.25) is 68.2 Å². The number of fused-ring (bicyclic) bond motifs is 7. The minimum absolute atomic E-state index is 0.0762. The number of aliphatic imine (C=N–C) groups is 1. The monoisotopic (exact) mass is 1760 g/mol. The van der Waals surface area contributed by atoms with Crippen molar-refractivity contribution in [3.05, 3.63) is 134 Å². The summed E-state index contributed by atoms with van der Waals surface area (Å²) in [6, 6.07) is 15.0. The van der Waals surface area contributed by atoms with Crippen LogP contribution in [0.15, 0.2) is 88.8 Å². The number of nitrogens with one attached hydrogen (secondary N) is 7. The Morgan fingerprint density at radius 1 is 0.864 bits per heavy atom. The molecule has 2 saturated heterocycles. The third-order valence-electron chi connectivity index (χ3n) is 26.4. The Labute approximate surface area is 733 Å². The number of hydrogen-bond donors (Lipinski definition) is 13. The summed E-state index contributed by atoms with van der Waals surface area (Å²) < 4.78 is 17.5. The lowest BCUT2D eigenvalue weighted by atomic mass is 9.47. The number of hydrazine groups is 1. The fourth-order valence-electron chi connectivity index (χ4n) is 20.2. The molecular formula is C89H118N16O18S2. The lowest BCUT2D eigenvalue weighted by molar-refractivity contribution is -0.204. The van der Waals surface area contributed by atoms with Gasteiger partial charge in [0.15, 0.2) is 40.1 Å². The van der Waals surface area contributed by atoms with Crippen molar-refractivity contribution in [1.82, 2.24) is 61.5 Å². The van der Waals surface area contributed by atoms with Crippen molar-refractivity contribution >= 4 is 115 Å². The number of ether oxygens (including phenoxy) is 3. The second-order valence-corrected chi connectivity index (χ2v) is 38.4. The summed E-state index contributed by atoms with van der Waals surface area (Å²) >= 11 is 0. The molecule has 3 aromatic carbocycles. The number of amides is 5. The Morgan fingerprint density at radius 2 is 1.61 bits per heavy atom. The minimum atomic E-state index is -2.61. The Morgan fingerprint density at radius 3 is 2.33 bits per heavy atom. The van der Waals surface area contributed by atoms with Crippen LogP contribution in [0, 0.1) is 36.0 Å². The molecule has 6 aliphatic rings. The number of hydrogen-bond acceptors (Lipinski definition) is 26. The molecule has 0 radical (unpaired) electrons. The number of para-hydroxylation sites is 1. The van der Waals surface area contributed by atoms with Crippen molar-refractivity contribution in [2.75, 3.05) is 83.8 Å². The molecule has 6 aromatic rings. The molecule has 3 fully saturated rings. The summed E-state index contributed by atoms with van der Waals surface area (Å²) in [5, 5.41) is 58.3. The number of carbonyl (C=O) groups is 10. The van der Waals surface area contributed by atoms with Gasteiger partial charge in [-0.2, -0.15) is 0 Å². The molecule has 1 spiro atoms. The first-order valence-corrected chi connectivity index (χ1v) is 45.3. The highest BCUT2D eigenvalue weighted by Gasteiger charge is 2.79. The highest BCUT2D eigenvalue weighted by atomic mass is 33.1. The predicted octanol–water partition coefficient (Wildman–Crippen LogP) is 5.39. The molecule has 2 bridgehead atoms. The molecule has 3 aromatic heterocycles. The maximum absolute atomic E-state index is 15.3. The quantitative estimate of drug-likeness (QED) is 0.00336. The van der Waals surface area contributed by atoms with Gasteiger partial charge in [0.1, 0.15) is 30.9 Å². The maximum Gasteiger partial charge on any atom is 0.426 e. The number of H-pyrrole nitrogens is 2. The van der Waals surface area contributed by atoms with E-state index >= 15 is 4.79 Å². The zero-order valence-corrected chi connectivity index (χ0v) is 74.2. The van der Waals surface area contributed by atoms with Crippen molar-refractivity contribution in [3.8, 4) is 5.75 Å². The van der Waals surface area contributed by atoms with E-state index in [1.54, 1.807) is 58.5 Å². The van der Waals surface area contributed by atoms with Crippen LogP contribution in [-0.4, -0.2) is 246 Å². The maximum atomic E-state index is 15.3. The zero-order chi connectivity index (χ0) is 90.3. The first kappa shape index (κ1) is 93.8. The number of carboxylic acids is 1. The van der Waals surface area contributed by atoms with Gasteiger partial charge >= 0.3 is 12.1 Å². The summed E-state index contributed by atoms with van der Waals surface area (Å²) in [4.78, 5) is 178. The Bertz CT molecular complexity index is 5180. The number of aliphatic hydroxyl groups excluding tert-OH is 1. The molecule has 8 heterocycles. The standard InChI is InChI=1S/C89H118N16O18S2/c1-11-85(119)42-55-43-87(48-122-49-106,72-61(28-33-104(45-55)47-85)60-18-13-14-19-64(60)100-72)63-40-62-65(41-69(63)121-10)103(9)79-88(62)30-34-105-32-16-29-86(12-2,78(88)105)80(116)89(79,120)81(117)101-102-83(118)123-35-36-124-125-84(7,8)46-94-74(111)50(3)37-66(107)52(5)96-75(112)57(17-15-31-92-82(90)91)38-67(108)51(4)95-70(110)27-25-58(77(114)115)39-68(109)56-23-20-54(21-24-56)22-26-59-44-93-73-71(99-59)76(113)98-53(6)97-73/h13-14,16,18-21,23-24,29,40-41,44,49-52,55,57-58,78-80,100,116,119-120H,11-12,15,17,22,25-28,30-39,42-43,45-48H2,1-10H3,(H,94,111)(H,95,110)(H,96,112)(H,101,117)(H,102,118)(H,114,115)(H4,90,91,92)(H,93,97,98,113)/t50-,51+,52+,55-,57-,58-,78+,79-,80-,85+,86-,87+,88-,89+/m1/s1. The normalized spacial score (nSPS) is 24.8. The highest BCUT2D eigenvalue weighted by molar-refractivity contribution is 8.77. The number of aromatic nitrogens is 5. The number of aromatic amines is 2. The van der Waals surface area contributed by atoms with E-state index in [9.17, 15) is 68.4 Å². The number of anilines is 1. The summed E-state index contributed by atoms with van der Waals surface area (Å²) in [5.74, 6) is -7.73. The van der Waals surface area contributed by atoms with E-state index in [4.69, 9.17) is 25.7 Å². The van der Waals surface area contributed by atoms with Gasteiger partial charge in [-0.1, -0.05) is 97.0 Å². The lowest BCUT2D eigenvalue weighted by Gasteiger charge is -2.63. The fraction of sp³-hybridized carbons (Fsp3) is 0.562. The van der Waals surface area contributed by atoms with Crippen molar-refractivity contribution < 1.29 is 82.6 Å². The fourth-order valence-corrected chi connectivity index (χ4v) is 22.4. The second-order valence-electron chi connectivity index (χ2n) is 35.3. The predicted molar refractivity (Wildman–Crippen MR) is 471 cm³/mol. The number of nitrogens with zero attached hydrogens (tertiary/aromatic N) is 7. The number of likely N-dealkylation sites (N-methyl/N-ethyl adjacent to an activating group) is 1. The summed E-state index contributed by atoms with van der Waals surface area (Å²) in [5.41, 5.74) is 15.6. The topological polar surface area (TPSA) is 501 Å². The molecule has 674 valence electrons. The van der Waals surface area contributed by atoms with Gasteiger partial charge in [0, 0.05) is 151 Å². The van der Waals surface area contributed by atoms with E-state index < -0.39 is 145 Å². The minimum Gasteiger partial charge on any atom is -0.496 e. The third-order valence-corrected chi connectivity index (χ3v) is 29.6. The molecule has 1 saturated carbocycles. The number of benzene rings is 3. The Hall–Kier alpha value is -10.4. The highest BCUT2D eigenvalue weighted by Crippen LogP contribution is 2.68. The van der Waals surface area contributed by atoms with Crippen LogP contribution in [0.1, 0.15) is 175 Å². The van der Waals surface area contributed by atoms with E-state index in [2.05, 4.69) is 78.6 Å². The zero-order valence-electron chi connectivity index (χ0n) is 72.6. The number of aliphatic carboxylic acids is 1. The van der Waals surface area contributed by atoms with Crippen molar-refractivity contribution in [3.63, 3.8) is 0 Å². The molecule has 12 rings (SSSR count). The van der Waals surface area contributed by atoms with Crippen LogP contribution in [0.5, 0.6) is 5.75 Å². The molecule has 1 aliphatic carbocycles. The van der Waals surface area contributed by atoms with Crippen molar-refractivity contribution in [2.24, 2.45) is 45.5 Å². The number of rotatable bonds is 39. The average molecular weight is 1760 g/mol. The van der Waals surface area contributed by atoms with E-state index in [1.165, 1.54) is 35.4 Å². The number of carbonyl (C=O) groups excluding carboxylic acids is 9. The average Bonchev–Trinajstić information content (AvgIpc) is 1.49. The van der Waals surface area contributed by atoms with Gasteiger partial charge in [-0.05, 0) is 147 Å². The SMILES string of the molecule is CC[C@]1(O)C[C@H]2CN(CCc3c([nH]c4ccccc34)[C@@](COC=O)(c3cc4c(cc3OC)N(C)[C@H]3[C@@](O)(C(=O)NNC(=O)OCCSSC(C)(C)CNC(=O)[C@H](C)CC(=O)[C@H](C)NC(=O)[C@H](CCCN=C(N)N)CC(=O)[C@H](C)NC(=O)CC[C@H](CC(=O)c5ccc(CCc6cnc7nc(C)[nH]c(=O)c7n6)cc5)C(=O)O)[C@H](O)[C@]5(CC)C=CCN6CC[C@]43[C@@H]65)C2)C1. The van der Waals surface area contributed by atoms with Crippen LogP contribution >= 0.6 is 21.6 Å². The lowest BCUT2D eigenvalue weighted by Crippen LogP contribution is -2.82. The molecule has 15 atom stereocenters. The van der Waals surface area contributed by atoms with Crippen LogP contribution in [0.3, 0.4) is 0 Å². The van der Waals surface area contributed by atoms with E-state index in [0.29, 0.717) is 114 Å². The van der Waals surface area contributed by atoms with E-state index in [-0.39, 0.29) is 99.2 Å². The number of guanidine groups is 1. The molecule has 5 aliphatic heterocycles. The van der Waals surface area contributed by atoms with Gasteiger partial charge in [0.25, 0.3) is 17.9 Å². The number of Topliss-reactive ketones (excluding diaryl/α,β-unsaturated/α-hetero) is 3. The van der Waals surface area contributed by atoms with E-state index in [1.807, 2.05) is 69.0 Å². The van der Waals surface area contributed by atoms with Crippen molar-refractivity contribution in [1.29, 1.82) is 0 Å². The Balaban J connectivity index is 0.610. The van der Waals surface area contributed by atoms with Crippen LogP contribution < -0.4 is 53.5 Å². The van der Waals surface area contributed by atoms with Crippen molar-refractivity contribution in [2.45, 2.75) is 209 Å². The second kappa shape index (κ2) is 39.3. The molecule has 1 unspecified atom stereocenters. The van der Waals surface area contributed by atoms with Gasteiger partial charge in [0.05, 0.1) is 54.1 Å². The number of carboxylic acid groups (broad SMARTS) is 1. The van der Waals surface area contributed by atoms with Gasteiger partial charge in [-0.25, -0.2) is 25.2 Å². The molecular weight excluding hydrogens is 1650 g/mol. The number of aliphatic hydroxyl groups is 3. The summed E-state index contributed by atoms with van der Waals surface area (Å²) in [6.07, 6.45) is 5.36. The largest absolute Gasteiger partial charge is 0.496 e. The number of methoxy groups -OCH3 is 1. The number of ketones is 3. The van der Waals surface area contributed by atoms with E-state index in [0.717, 1.165) is 38.9 Å². The van der Waals surface area contributed by atoms with Crippen LogP contribution in [0.4, 0.5) is 10.5 Å². The van der Waals surface area contributed by atoms with Gasteiger partial charge in [-0.15, -0.1) is 0 Å². The summed E-state index contributed by atoms with van der Waals surface area (Å²) in [6.45, 7) is 17.4. The van der Waals surface area contributed by atoms with Gasteiger partial charge < -0.3 is 76.9 Å².